The van der Waals surface area contributed by atoms with E-state index in [1.54, 1.807) is 30.1 Å². The molecule has 0 aromatic heterocycles. The quantitative estimate of drug-likeness (QED) is 0.672. The minimum atomic E-state index is -0.341. The van der Waals surface area contributed by atoms with Crippen LogP contribution in [0.1, 0.15) is 11.1 Å². The zero-order chi connectivity index (χ0) is 16.7. The van der Waals surface area contributed by atoms with Gasteiger partial charge in [0.15, 0.2) is 0 Å². The summed E-state index contributed by atoms with van der Waals surface area (Å²) in [7, 11) is 1.73. The van der Waals surface area contributed by atoms with Crippen molar-refractivity contribution >= 4 is 28.1 Å². The number of likely N-dealkylation sites (N-methyl/N-ethyl adjacent to an activating group) is 1. The zero-order valence-corrected chi connectivity index (χ0v) is 13.2. The van der Waals surface area contributed by atoms with Crippen LogP contribution in [0.4, 0.5) is 10.1 Å². The molecule has 0 aliphatic carbocycles. The van der Waals surface area contributed by atoms with Crippen LogP contribution in [0, 0.1) is 5.82 Å². The largest absolute Gasteiger partial charge is 0.313 e. The zero-order valence-electron chi connectivity index (χ0n) is 13.2. The summed E-state index contributed by atoms with van der Waals surface area (Å²) >= 11 is 0. The number of carbonyl (C=O) groups excluding carboxylic acids is 1. The minimum Gasteiger partial charge on any atom is -0.313 e. The van der Waals surface area contributed by atoms with Gasteiger partial charge in [0.1, 0.15) is 12.4 Å². The fourth-order valence-electron chi connectivity index (χ4n) is 3.13. The first-order valence-electron chi connectivity index (χ1n) is 7.75. The third kappa shape index (κ3) is 2.19. The molecule has 1 heterocycles. The first-order valence-corrected chi connectivity index (χ1v) is 7.75. The van der Waals surface area contributed by atoms with Crippen LogP contribution in [0.2, 0.25) is 0 Å². The molecule has 0 fully saturated rings. The van der Waals surface area contributed by atoms with E-state index in [1.165, 1.54) is 6.07 Å². The molecular formula is C20H15FN2O. The topological polar surface area (TPSA) is 32.7 Å². The fourth-order valence-corrected chi connectivity index (χ4v) is 3.13. The molecule has 0 spiro atoms. The van der Waals surface area contributed by atoms with E-state index in [-0.39, 0.29) is 18.3 Å². The van der Waals surface area contributed by atoms with E-state index in [4.69, 9.17) is 0 Å². The highest BCUT2D eigenvalue weighted by Gasteiger charge is 2.25. The van der Waals surface area contributed by atoms with Crippen LogP contribution in [0.3, 0.4) is 0 Å². The molecule has 3 aromatic rings. The maximum Gasteiger partial charge on any atom is 0.248 e. The van der Waals surface area contributed by atoms with Crippen molar-refractivity contribution in [1.82, 2.24) is 0 Å². The van der Waals surface area contributed by atoms with Crippen LogP contribution < -0.4 is 4.90 Å². The average Bonchev–Trinajstić information content (AvgIpc) is 2.73. The van der Waals surface area contributed by atoms with Crippen LogP contribution in [0.15, 0.2) is 65.7 Å². The summed E-state index contributed by atoms with van der Waals surface area (Å²) in [6.07, 6.45) is 0. The van der Waals surface area contributed by atoms with E-state index in [2.05, 4.69) is 4.99 Å². The van der Waals surface area contributed by atoms with Crippen molar-refractivity contribution in [2.45, 2.75) is 0 Å². The average molecular weight is 318 g/mol. The van der Waals surface area contributed by atoms with Crippen molar-refractivity contribution in [2.75, 3.05) is 18.5 Å². The van der Waals surface area contributed by atoms with Gasteiger partial charge in [-0.3, -0.25) is 9.79 Å². The number of fused-ring (bicyclic) bond motifs is 3. The smallest absolute Gasteiger partial charge is 0.248 e. The van der Waals surface area contributed by atoms with Gasteiger partial charge in [-0.2, -0.15) is 0 Å². The molecule has 1 amide bonds. The Morgan fingerprint density at radius 2 is 1.75 bits per heavy atom. The summed E-state index contributed by atoms with van der Waals surface area (Å²) in [6, 6.07) is 18.3. The summed E-state index contributed by atoms with van der Waals surface area (Å²) < 4.78 is 14.4. The number of benzene rings is 3. The van der Waals surface area contributed by atoms with E-state index in [0.717, 1.165) is 22.0 Å². The van der Waals surface area contributed by atoms with E-state index in [1.807, 2.05) is 36.4 Å². The Kier molecular flexibility index (Phi) is 3.38. The van der Waals surface area contributed by atoms with Crippen LogP contribution in [0.25, 0.3) is 10.8 Å². The maximum absolute atomic E-state index is 14.4. The summed E-state index contributed by atoms with van der Waals surface area (Å²) in [5.41, 5.74) is 2.49. The monoisotopic (exact) mass is 318 g/mol. The SMILES string of the molecule is CN1C(=O)CN=C(c2ccccc2F)c2c1ccc1ccccc21. The molecule has 1 aliphatic heterocycles. The third-order valence-electron chi connectivity index (χ3n) is 4.38. The molecule has 0 saturated carbocycles. The molecule has 0 atom stereocenters. The van der Waals surface area contributed by atoms with Crippen molar-refractivity contribution in [3.63, 3.8) is 0 Å². The molecule has 0 N–H and O–H groups in total. The number of hydrogen-bond donors (Lipinski definition) is 0. The molecule has 0 bridgehead atoms. The van der Waals surface area contributed by atoms with E-state index in [0.29, 0.717) is 11.3 Å². The van der Waals surface area contributed by atoms with Crippen molar-refractivity contribution in [1.29, 1.82) is 0 Å². The highest BCUT2D eigenvalue weighted by Crippen LogP contribution is 2.33. The Labute approximate surface area is 139 Å². The van der Waals surface area contributed by atoms with Crippen molar-refractivity contribution in [3.05, 3.63) is 77.6 Å². The second-order valence-electron chi connectivity index (χ2n) is 5.78. The molecule has 24 heavy (non-hydrogen) atoms. The second-order valence-corrected chi connectivity index (χ2v) is 5.78. The minimum absolute atomic E-state index is 0.00315. The van der Waals surface area contributed by atoms with Crippen molar-refractivity contribution < 1.29 is 9.18 Å². The Morgan fingerprint density at radius 3 is 2.58 bits per heavy atom. The van der Waals surface area contributed by atoms with Gasteiger partial charge in [0, 0.05) is 18.2 Å². The number of nitrogens with zero attached hydrogens (tertiary/aromatic N) is 2. The second kappa shape index (κ2) is 5.57. The molecule has 0 unspecified atom stereocenters. The van der Waals surface area contributed by atoms with E-state index < -0.39 is 0 Å². The predicted octanol–water partition coefficient (Wildman–Crippen LogP) is 3.79. The number of anilines is 1. The van der Waals surface area contributed by atoms with E-state index in [9.17, 15) is 9.18 Å². The number of rotatable bonds is 1. The van der Waals surface area contributed by atoms with Crippen LogP contribution in [-0.4, -0.2) is 25.2 Å². The van der Waals surface area contributed by atoms with Gasteiger partial charge < -0.3 is 4.90 Å². The summed E-state index contributed by atoms with van der Waals surface area (Å²) in [5.74, 6) is -0.454. The van der Waals surface area contributed by atoms with Gasteiger partial charge in [0.05, 0.1) is 11.4 Å². The maximum atomic E-state index is 14.4. The molecule has 0 saturated heterocycles. The lowest BCUT2D eigenvalue weighted by Gasteiger charge is -2.20. The van der Waals surface area contributed by atoms with Gasteiger partial charge in [-0.05, 0) is 29.0 Å². The van der Waals surface area contributed by atoms with Gasteiger partial charge in [-0.1, -0.05) is 42.5 Å². The van der Waals surface area contributed by atoms with Crippen molar-refractivity contribution in [3.8, 4) is 0 Å². The van der Waals surface area contributed by atoms with Crippen LogP contribution in [0.5, 0.6) is 0 Å². The molecule has 4 rings (SSSR count). The van der Waals surface area contributed by atoms with E-state index >= 15 is 0 Å². The number of hydrogen-bond acceptors (Lipinski definition) is 2. The Hall–Kier alpha value is -3.01. The number of carbonyl (C=O) groups is 1. The molecule has 3 nitrogen and oxygen atoms in total. The Morgan fingerprint density at radius 1 is 1.00 bits per heavy atom. The Balaban J connectivity index is 2.10. The number of aliphatic imine (C=N–C) groups is 1. The first kappa shape index (κ1) is 14.6. The number of amides is 1. The fraction of sp³-hybridized carbons (Fsp3) is 0.100. The Bertz CT molecular complexity index is 994. The summed E-state index contributed by atoms with van der Waals surface area (Å²) in [5, 5.41) is 1.99. The highest BCUT2D eigenvalue weighted by atomic mass is 19.1. The molecule has 0 radical (unpaired) electrons. The standard InChI is InChI=1S/C20H15FN2O/c1-23-17-11-10-13-6-2-3-7-14(13)19(17)20(22-12-18(23)24)15-8-4-5-9-16(15)21/h2-11H,12H2,1H3. The third-order valence-corrected chi connectivity index (χ3v) is 4.38. The lowest BCUT2D eigenvalue weighted by atomic mass is 9.94. The molecule has 118 valence electrons. The van der Waals surface area contributed by atoms with Gasteiger partial charge in [0.2, 0.25) is 5.91 Å². The predicted molar refractivity (Wildman–Crippen MR) is 94.3 cm³/mol. The van der Waals surface area contributed by atoms with Gasteiger partial charge in [-0.15, -0.1) is 0 Å². The number of halogens is 1. The van der Waals surface area contributed by atoms with Gasteiger partial charge in [0.25, 0.3) is 0 Å². The van der Waals surface area contributed by atoms with Gasteiger partial charge >= 0.3 is 0 Å². The van der Waals surface area contributed by atoms with Crippen LogP contribution >= 0.6 is 0 Å². The summed E-state index contributed by atoms with van der Waals surface area (Å²) in [6.45, 7) is 0.00315. The normalized spacial score (nSPS) is 14.3. The lowest BCUT2D eigenvalue weighted by molar-refractivity contribution is -0.116. The highest BCUT2D eigenvalue weighted by molar-refractivity contribution is 6.25. The summed E-state index contributed by atoms with van der Waals surface area (Å²) in [4.78, 5) is 18.4. The molecule has 1 aliphatic rings. The lowest BCUT2D eigenvalue weighted by Crippen LogP contribution is -2.27. The molecule has 4 heteroatoms. The molecular weight excluding hydrogens is 303 g/mol. The van der Waals surface area contributed by atoms with Crippen molar-refractivity contribution in [2.24, 2.45) is 4.99 Å². The van der Waals surface area contributed by atoms with Gasteiger partial charge in [-0.25, -0.2) is 4.39 Å². The van der Waals surface area contributed by atoms with Crippen LogP contribution in [-0.2, 0) is 4.79 Å². The first-order chi connectivity index (χ1) is 11.7. The molecule has 3 aromatic carbocycles.